The molecule has 0 aliphatic carbocycles. The van der Waals surface area contributed by atoms with Gasteiger partial charge < -0.3 is 5.32 Å². The van der Waals surface area contributed by atoms with E-state index in [4.69, 9.17) is 11.6 Å². The lowest BCUT2D eigenvalue weighted by atomic mass is 10.00. The van der Waals surface area contributed by atoms with Crippen LogP contribution in [0.15, 0.2) is 18.2 Å². The molecular weight excluding hydrogens is 310 g/mol. The molecule has 0 spiro atoms. The summed E-state index contributed by atoms with van der Waals surface area (Å²) in [6.07, 6.45) is 1.94. The van der Waals surface area contributed by atoms with Crippen molar-refractivity contribution in [1.29, 1.82) is 0 Å². The smallest absolute Gasteiger partial charge is 0.301 e. The van der Waals surface area contributed by atoms with Gasteiger partial charge in [0, 0.05) is 13.1 Å². The molecule has 0 aromatic heterocycles. The molecule has 5 nitrogen and oxygen atoms in total. The normalized spacial score (nSPS) is 20.4. The van der Waals surface area contributed by atoms with Crippen molar-refractivity contribution in [2.75, 3.05) is 31.4 Å². The lowest BCUT2D eigenvalue weighted by molar-refractivity contribution is 0.264. The summed E-state index contributed by atoms with van der Waals surface area (Å²) in [5.41, 5.74) is 1.42. The fourth-order valence-electron chi connectivity index (χ4n) is 2.61. The van der Waals surface area contributed by atoms with E-state index in [-0.39, 0.29) is 0 Å². The third-order valence-electron chi connectivity index (χ3n) is 3.68. The number of piperidine rings is 1. The molecule has 0 saturated carbocycles. The van der Waals surface area contributed by atoms with Crippen LogP contribution in [-0.2, 0) is 10.2 Å². The maximum Gasteiger partial charge on any atom is 0.301 e. The maximum absolute atomic E-state index is 12.5. The zero-order valence-corrected chi connectivity index (χ0v) is 14.0. The van der Waals surface area contributed by atoms with Crippen molar-refractivity contribution in [3.8, 4) is 0 Å². The minimum absolute atomic E-state index is 0.355. The number of nitrogens with zero attached hydrogens (tertiary/aromatic N) is 1. The van der Waals surface area contributed by atoms with Crippen LogP contribution in [0.4, 0.5) is 5.69 Å². The van der Waals surface area contributed by atoms with Crippen LogP contribution in [0.25, 0.3) is 0 Å². The number of rotatable bonds is 5. The number of hydrogen-bond acceptors (Lipinski definition) is 3. The highest BCUT2D eigenvalue weighted by Gasteiger charge is 2.28. The van der Waals surface area contributed by atoms with Crippen molar-refractivity contribution in [2.45, 2.75) is 19.8 Å². The van der Waals surface area contributed by atoms with E-state index in [1.54, 1.807) is 12.1 Å². The SMILES string of the molecule is CNCC1CCCN(S(=O)(=O)Nc2ccc(C)cc2Cl)C1. The van der Waals surface area contributed by atoms with E-state index in [1.807, 2.05) is 20.0 Å². The van der Waals surface area contributed by atoms with Gasteiger partial charge in [-0.1, -0.05) is 17.7 Å². The molecule has 1 aromatic carbocycles. The van der Waals surface area contributed by atoms with Crippen molar-refractivity contribution in [3.63, 3.8) is 0 Å². The Hall–Kier alpha value is -0.820. The second kappa shape index (κ2) is 6.96. The average molecular weight is 332 g/mol. The molecule has 1 unspecified atom stereocenters. The molecule has 0 bridgehead atoms. The van der Waals surface area contributed by atoms with Crippen LogP contribution in [0.1, 0.15) is 18.4 Å². The van der Waals surface area contributed by atoms with Crippen molar-refractivity contribution in [3.05, 3.63) is 28.8 Å². The molecule has 1 atom stereocenters. The summed E-state index contributed by atoms with van der Waals surface area (Å²) in [7, 11) is -1.67. The lowest BCUT2D eigenvalue weighted by Crippen LogP contribution is -2.44. The maximum atomic E-state index is 12.5. The van der Waals surface area contributed by atoms with Gasteiger partial charge in [-0.2, -0.15) is 12.7 Å². The third-order valence-corrected chi connectivity index (χ3v) is 5.48. The number of benzene rings is 1. The second-order valence-electron chi connectivity index (χ2n) is 5.51. The lowest BCUT2D eigenvalue weighted by Gasteiger charge is -2.32. The quantitative estimate of drug-likeness (QED) is 0.869. The topological polar surface area (TPSA) is 61.4 Å². The fourth-order valence-corrected chi connectivity index (χ4v) is 4.31. The molecule has 0 amide bonds. The van der Waals surface area contributed by atoms with Gasteiger partial charge in [-0.25, -0.2) is 0 Å². The molecule has 1 fully saturated rings. The minimum Gasteiger partial charge on any atom is -0.319 e. The predicted molar refractivity (Wildman–Crippen MR) is 87.0 cm³/mol. The van der Waals surface area contributed by atoms with Crippen LogP contribution in [-0.4, -0.2) is 39.4 Å². The largest absolute Gasteiger partial charge is 0.319 e. The fraction of sp³-hybridized carbons (Fsp3) is 0.571. The molecule has 1 aromatic rings. The number of halogens is 1. The predicted octanol–water partition coefficient (Wildman–Crippen LogP) is 2.24. The Morgan fingerprint density at radius 1 is 1.43 bits per heavy atom. The van der Waals surface area contributed by atoms with Gasteiger partial charge in [0.15, 0.2) is 0 Å². The molecule has 2 rings (SSSR count). The summed E-state index contributed by atoms with van der Waals surface area (Å²) < 4.78 is 29.1. The van der Waals surface area contributed by atoms with Gasteiger partial charge in [0.1, 0.15) is 0 Å². The first-order chi connectivity index (χ1) is 9.92. The standard InChI is InChI=1S/C14H22ClN3O2S/c1-11-5-6-14(13(15)8-11)17-21(19,20)18-7-3-4-12(10-18)9-16-2/h5-6,8,12,16-17H,3-4,7,9-10H2,1-2H3. The van der Waals surface area contributed by atoms with Gasteiger partial charge in [0.25, 0.3) is 0 Å². The van der Waals surface area contributed by atoms with Crippen molar-refractivity contribution < 1.29 is 8.42 Å². The molecule has 1 heterocycles. The molecule has 0 radical (unpaired) electrons. The van der Waals surface area contributed by atoms with Crippen molar-refractivity contribution in [1.82, 2.24) is 9.62 Å². The second-order valence-corrected chi connectivity index (χ2v) is 7.59. The Morgan fingerprint density at radius 2 is 2.19 bits per heavy atom. The third kappa shape index (κ3) is 4.32. The first-order valence-electron chi connectivity index (χ1n) is 7.11. The zero-order chi connectivity index (χ0) is 15.5. The molecule has 1 aliphatic rings. The molecule has 7 heteroatoms. The highest BCUT2D eigenvalue weighted by Crippen LogP contribution is 2.26. The Bertz CT molecular complexity index is 590. The van der Waals surface area contributed by atoms with Gasteiger partial charge in [0.05, 0.1) is 10.7 Å². The Balaban J connectivity index is 2.10. The Kier molecular flexibility index (Phi) is 5.48. The van der Waals surface area contributed by atoms with Gasteiger partial charge in [-0.05, 0) is 57.0 Å². The van der Waals surface area contributed by atoms with Gasteiger partial charge in [-0.15, -0.1) is 0 Å². The van der Waals surface area contributed by atoms with E-state index >= 15 is 0 Å². The Labute approximate surface area is 131 Å². The monoisotopic (exact) mass is 331 g/mol. The van der Waals surface area contributed by atoms with Crippen molar-refractivity contribution >= 4 is 27.5 Å². The van der Waals surface area contributed by atoms with E-state index in [0.29, 0.717) is 29.7 Å². The van der Waals surface area contributed by atoms with Crippen LogP contribution in [0, 0.1) is 12.8 Å². The van der Waals surface area contributed by atoms with E-state index < -0.39 is 10.2 Å². The number of anilines is 1. The van der Waals surface area contributed by atoms with E-state index in [2.05, 4.69) is 10.0 Å². The van der Waals surface area contributed by atoms with E-state index in [0.717, 1.165) is 24.9 Å². The van der Waals surface area contributed by atoms with Crippen LogP contribution in [0.2, 0.25) is 5.02 Å². The van der Waals surface area contributed by atoms with E-state index in [9.17, 15) is 8.42 Å². The molecule has 1 aliphatic heterocycles. The van der Waals surface area contributed by atoms with Crippen LogP contribution < -0.4 is 10.0 Å². The summed E-state index contributed by atoms with van der Waals surface area (Å²) in [5.74, 6) is 0.355. The van der Waals surface area contributed by atoms with Crippen LogP contribution in [0.5, 0.6) is 0 Å². The number of hydrogen-bond donors (Lipinski definition) is 2. The molecule has 118 valence electrons. The van der Waals surface area contributed by atoms with Gasteiger partial charge in [0.2, 0.25) is 0 Å². The highest BCUT2D eigenvalue weighted by molar-refractivity contribution is 7.90. The summed E-state index contributed by atoms with van der Waals surface area (Å²) in [5, 5.41) is 3.53. The Morgan fingerprint density at radius 3 is 2.86 bits per heavy atom. The first-order valence-corrected chi connectivity index (χ1v) is 8.93. The summed E-state index contributed by atoms with van der Waals surface area (Å²) in [6.45, 7) is 3.84. The summed E-state index contributed by atoms with van der Waals surface area (Å²) >= 11 is 6.10. The number of aryl methyl sites for hydroxylation is 1. The molecule has 2 N–H and O–H groups in total. The van der Waals surface area contributed by atoms with Crippen LogP contribution in [0.3, 0.4) is 0 Å². The van der Waals surface area contributed by atoms with Crippen molar-refractivity contribution in [2.24, 2.45) is 5.92 Å². The minimum atomic E-state index is -3.55. The first kappa shape index (κ1) is 16.5. The van der Waals surface area contributed by atoms with Gasteiger partial charge in [-0.3, -0.25) is 4.72 Å². The van der Waals surface area contributed by atoms with Crippen LogP contribution >= 0.6 is 11.6 Å². The molecule has 21 heavy (non-hydrogen) atoms. The zero-order valence-electron chi connectivity index (χ0n) is 12.4. The van der Waals surface area contributed by atoms with E-state index in [1.165, 1.54) is 4.31 Å². The average Bonchev–Trinajstić information content (AvgIpc) is 2.43. The number of nitrogens with one attached hydrogen (secondary N) is 2. The molecule has 1 saturated heterocycles. The summed E-state index contributed by atoms with van der Waals surface area (Å²) in [4.78, 5) is 0. The molecular formula is C14H22ClN3O2S. The highest BCUT2D eigenvalue weighted by atomic mass is 35.5. The summed E-state index contributed by atoms with van der Waals surface area (Å²) in [6, 6.07) is 5.29. The van der Waals surface area contributed by atoms with Gasteiger partial charge >= 0.3 is 10.2 Å².